The van der Waals surface area contributed by atoms with Gasteiger partial charge in [-0.25, -0.2) is 13.1 Å². The van der Waals surface area contributed by atoms with Gasteiger partial charge >= 0.3 is 0 Å². The summed E-state index contributed by atoms with van der Waals surface area (Å²) in [5.41, 5.74) is 0. The Morgan fingerprint density at radius 1 is 1.36 bits per heavy atom. The zero-order valence-corrected chi connectivity index (χ0v) is 7.45. The van der Waals surface area contributed by atoms with E-state index in [9.17, 15) is 8.42 Å². The monoisotopic (exact) mass is 173 g/mol. The fourth-order valence-electron chi connectivity index (χ4n) is 1.45. The first-order valence-electron chi connectivity index (χ1n) is 3.74. The van der Waals surface area contributed by atoms with Crippen LogP contribution in [-0.4, -0.2) is 28.0 Å². The fraction of sp³-hybridized carbons (Fsp3) is 1.00. The molecule has 11 heavy (non-hydrogen) atoms. The molecule has 1 aliphatic carbocycles. The molecule has 0 unspecified atom stereocenters. The van der Waals surface area contributed by atoms with Gasteiger partial charge in [-0.3, -0.25) is 0 Å². The first-order valence-corrected chi connectivity index (χ1v) is 5.22. The molecule has 1 aliphatic rings. The third-order valence-electron chi connectivity index (χ3n) is 2.25. The molecule has 0 heterocycles. The van der Waals surface area contributed by atoms with Crippen molar-refractivity contribution in [1.29, 1.82) is 0 Å². The summed E-state index contributed by atoms with van der Waals surface area (Å²) < 4.78 is 23.8. The second-order valence-electron chi connectivity index (χ2n) is 2.98. The van der Waals surface area contributed by atoms with E-state index in [4.69, 9.17) is 7.85 Å². The van der Waals surface area contributed by atoms with Gasteiger partial charge in [-0.2, -0.15) is 0 Å². The predicted molar refractivity (Wildman–Crippen MR) is 44.9 cm³/mol. The Morgan fingerprint density at radius 2 is 1.82 bits per heavy atom. The highest BCUT2D eigenvalue weighted by atomic mass is 32.2. The lowest BCUT2D eigenvalue weighted by molar-refractivity contribution is 0.560. The average molecular weight is 173 g/mol. The predicted octanol–water partition coefficient (Wildman–Crippen LogP) is -0.0256. The maximum Gasteiger partial charge on any atom is 0.208 e. The highest BCUT2D eigenvalue weighted by Crippen LogP contribution is 2.32. The number of nitrogens with one attached hydrogen (secondary N) is 1. The molecule has 1 N–H and O–H groups in total. The summed E-state index contributed by atoms with van der Waals surface area (Å²) in [5, 5.41) is 0. The van der Waals surface area contributed by atoms with E-state index in [1.54, 1.807) is 0 Å². The van der Waals surface area contributed by atoms with Crippen molar-refractivity contribution in [3.63, 3.8) is 0 Å². The van der Waals surface area contributed by atoms with Gasteiger partial charge in [0.05, 0.1) is 7.85 Å². The van der Waals surface area contributed by atoms with Crippen molar-refractivity contribution in [2.75, 3.05) is 7.05 Å². The normalized spacial score (nSPS) is 23.7. The van der Waals surface area contributed by atoms with E-state index in [2.05, 4.69) is 4.72 Å². The minimum Gasteiger partial charge on any atom is -0.219 e. The first-order chi connectivity index (χ1) is 5.02. The largest absolute Gasteiger partial charge is 0.219 e. The molecular weight excluding hydrogens is 161 g/mol. The summed E-state index contributed by atoms with van der Waals surface area (Å²) in [6.07, 6.45) is 2.99. The highest BCUT2D eigenvalue weighted by molar-refractivity contribution is 7.92. The number of hydrogen-bond acceptors (Lipinski definition) is 2. The van der Waals surface area contributed by atoms with Crippen LogP contribution >= 0.6 is 0 Å². The molecule has 0 aromatic heterocycles. The van der Waals surface area contributed by atoms with E-state index in [0.717, 1.165) is 12.8 Å². The van der Waals surface area contributed by atoms with Gasteiger partial charge in [0.25, 0.3) is 0 Å². The van der Waals surface area contributed by atoms with E-state index in [1.807, 2.05) is 0 Å². The van der Waals surface area contributed by atoms with Crippen molar-refractivity contribution in [3.05, 3.63) is 0 Å². The van der Waals surface area contributed by atoms with Gasteiger partial charge < -0.3 is 0 Å². The van der Waals surface area contributed by atoms with Crippen molar-refractivity contribution < 1.29 is 8.42 Å². The minimum atomic E-state index is -3.27. The third-order valence-corrected chi connectivity index (χ3v) is 4.27. The molecule has 62 valence electrons. The minimum absolute atomic E-state index is 0.580. The maximum absolute atomic E-state index is 11.3. The Kier molecular flexibility index (Phi) is 2.30. The van der Waals surface area contributed by atoms with E-state index >= 15 is 0 Å². The molecule has 0 bridgehead atoms. The van der Waals surface area contributed by atoms with Crippen LogP contribution in [0.3, 0.4) is 0 Å². The van der Waals surface area contributed by atoms with E-state index < -0.39 is 14.7 Å². The molecule has 0 aromatic carbocycles. The van der Waals surface area contributed by atoms with Gasteiger partial charge in [-0.05, 0) is 19.9 Å². The third kappa shape index (κ3) is 1.44. The fourth-order valence-corrected chi connectivity index (χ4v) is 2.68. The summed E-state index contributed by atoms with van der Waals surface area (Å²) in [6.45, 7) is 0. The van der Waals surface area contributed by atoms with Crippen molar-refractivity contribution in [2.45, 2.75) is 30.3 Å². The molecule has 2 radical (unpaired) electrons. The van der Waals surface area contributed by atoms with Crippen LogP contribution in [0.2, 0.25) is 0 Å². The molecule has 1 fully saturated rings. The Morgan fingerprint density at radius 3 is 2.18 bits per heavy atom. The molecular formula is C6H12BNO2S. The van der Waals surface area contributed by atoms with E-state index in [-0.39, 0.29) is 0 Å². The van der Waals surface area contributed by atoms with Crippen LogP contribution in [0.15, 0.2) is 0 Å². The zero-order chi connectivity index (χ0) is 8.54. The van der Waals surface area contributed by atoms with Gasteiger partial charge in [0.15, 0.2) is 0 Å². The van der Waals surface area contributed by atoms with Crippen LogP contribution in [0, 0.1) is 0 Å². The average Bonchev–Trinajstić information content (AvgIpc) is 2.38. The lowest BCUT2D eigenvalue weighted by Gasteiger charge is -2.22. The molecule has 0 aromatic rings. The standard InChI is InChI=1S/C6H12BNO2S/c1-8-11(9,10)6(7)4-2-3-5-6/h8H,2-5H2,1H3. The molecule has 5 heteroatoms. The molecule has 0 saturated heterocycles. The smallest absolute Gasteiger partial charge is 0.208 e. The van der Waals surface area contributed by atoms with Gasteiger partial charge in [-0.1, -0.05) is 12.8 Å². The van der Waals surface area contributed by atoms with Crippen molar-refractivity contribution in [1.82, 2.24) is 4.72 Å². The van der Waals surface area contributed by atoms with Crippen molar-refractivity contribution in [3.8, 4) is 0 Å². The molecule has 0 atom stereocenters. The topological polar surface area (TPSA) is 46.2 Å². The quantitative estimate of drug-likeness (QED) is 0.596. The van der Waals surface area contributed by atoms with Crippen LogP contribution in [0.25, 0.3) is 0 Å². The summed E-state index contributed by atoms with van der Waals surface area (Å²) in [7, 11) is 3.83. The summed E-state index contributed by atoms with van der Waals surface area (Å²) in [6, 6.07) is 0. The van der Waals surface area contributed by atoms with Gasteiger partial charge in [-0.15, -0.1) is 0 Å². The van der Waals surface area contributed by atoms with Crippen LogP contribution in [0.1, 0.15) is 25.7 Å². The molecule has 0 spiro atoms. The van der Waals surface area contributed by atoms with Crippen molar-refractivity contribution >= 4 is 17.9 Å². The van der Waals surface area contributed by atoms with E-state index in [1.165, 1.54) is 7.05 Å². The zero-order valence-electron chi connectivity index (χ0n) is 6.63. The summed E-state index contributed by atoms with van der Waals surface area (Å²) in [4.78, 5) is 0. The van der Waals surface area contributed by atoms with Crippen LogP contribution in [0.5, 0.6) is 0 Å². The second kappa shape index (κ2) is 2.79. The van der Waals surface area contributed by atoms with Gasteiger partial charge in [0.2, 0.25) is 10.0 Å². The van der Waals surface area contributed by atoms with Crippen LogP contribution in [-0.2, 0) is 10.0 Å². The number of rotatable bonds is 2. The number of sulfonamides is 1. The first kappa shape index (κ1) is 9.07. The summed E-state index contributed by atoms with van der Waals surface area (Å²) >= 11 is 0. The molecule has 0 amide bonds. The Labute approximate surface area is 69.0 Å². The summed E-state index contributed by atoms with van der Waals surface area (Å²) in [5.74, 6) is 0. The maximum atomic E-state index is 11.3. The second-order valence-corrected chi connectivity index (χ2v) is 5.21. The van der Waals surface area contributed by atoms with Crippen LogP contribution < -0.4 is 4.72 Å². The lowest BCUT2D eigenvalue weighted by atomic mass is 9.85. The Hall–Kier alpha value is -0.0251. The van der Waals surface area contributed by atoms with Crippen molar-refractivity contribution in [2.24, 2.45) is 0 Å². The molecule has 1 saturated carbocycles. The molecule has 1 rings (SSSR count). The SMILES string of the molecule is [B]C1(S(=O)(=O)NC)CCCC1. The van der Waals surface area contributed by atoms with E-state index in [0.29, 0.717) is 12.8 Å². The van der Waals surface area contributed by atoms with Gasteiger partial charge in [0.1, 0.15) is 0 Å². The Balaban J connectivity index is 2.88. The molecule has 3 nitrogen and oxygen atoms in total. The molecule has 0 aliphatic heterocycles. The highest BCUT2D eigenvalue weighted by Gasteiger charge is 2.39. The number of hydrogen-bond donors (Lipinski definition) is 1. The van der Waals surface area contributed by atoms with Crippen LogP contribution in [0.4, 0.5) is 0 Å². The van der Waals surface area contributed by atoms with Gasteiger partial charge in [0, 0.05) is 4.65 Å². The lowest BCUT2D eigenvalue weighted by Crippen LogP contribution is -2.43. The Bertz CT molecular complexity index is 231.